The largest absolute Gasteiger partial charge is 0.270 e. The maximum Gasteiger partial charge on any atom is 0.270 e. The molecule has 0 N–H and O–H groups in total. The average molecular weight is 192 g/mol. The molecule has 0 aliphatic rings. The summed E-state index contributed by atoms with van der Waals surface area (Å²) in [6.45, 7) is 0. The molecule has 0 amide bonds. The van der Waals surface area contributed by atoms with E-state index < -0.39 is 10.7 Å². The van der Waals surface area contributed by atoms with Crippen LogP contribution in [0.15, 0.2) is 24.3 Å². The van der Waals surface area contributed by atoms with Gasteiger partial charge in [-0.25, -0.2) is 4.39 Å². The predicted octanol–water partition coefficient (Wildman–Crippen LogP) is 2.27. The van der Waals surface area contributed by atoms with Crippen LogP contribution >= 0.6 is 0 Å². The zero-order chi connectivity index (χ0) is 10.6. The van der Waals surface area contributed by atoms with Gasteiger partial charge in [0.25, 0.3) is 5.69 Å². The summed E-state index contributed by atoms with van der Waals surface area (Å²) in [5, 5.41) is 18.5. The normalized spacial score (nSPS) is 10.0. The van der Waals surface area contributed by atoms with Gasteiger partial charge in [0.2, 0.25) is 0 Å². The number of halogens is 1. The second-order valence-electron chi connectivity index (χ2n) is 2.43. The molecule has 0 atom stereocenters. The van der Waals surface area contributed by atoms with E-state index in [0.717, 1.165) is 24.3 Å². The van der Waals surface area contributed by atoms with Gasteiger partial charge >= 0.3 is 0 Å². The molecule has 1 aromatic rings. The Labute approximate surface area is 79.0 Å². The molecule has 4 nitrogen and oxygen atoms in total. The van der Waals surface area contributed by atoms with Crippen LogP contribution in [0, 0.1) is 27.3 Å². The van der Waals surface area contributed by atoms with Crippen LogP contribution in [0.2, 0.25) is 0 Å². The van der Waals surface area contributed by atoms with E-state index in [1.165, 1.54) is 6.08 Å². The van der Waals surface area contributed by atoms with E-state index in [4.69, 9.17) is 5.26 Å². The lowest BCUT2D eigenvalue weighted by atomic mass is 10.2. The van der Waals surface area contributed by atoms with Gasteiger partial charge in [-0.3, -0.25) is 10.1 Å². The molecule has 0 heterocycles. The third-order valence-corrected chi connectivity index (χ3v) is 1.53. The van der Waals surface area contributed by atoms with Crippen LogP contribution < -0.4 is 0 Å². The van der Waals surface area contributed by atoms with Crippen LogP contribution in [-0.2, 0) is 0 Å². The van der Waals surface area contributed by atoms with Crippen molar-refractivity contribution in [2.75, 3.05) is 0 Å². The van der Waals surface area contributed by atoms with E-state index in [1.807, 2.05) is 0 Å². The minimum Gasteiger partial charge on any atom is -0.258 e. The first-order valence-corrected chi connectivity index (χ1v) is 3.65. The molecule has 0 aliphatic heterocycles. The maximum atomic E-state index is 13.0. The van der Waals surface area contributed by atoms with E-state index in [9.17, 15) is 14.5 Å². The number of non-ortho nitro benzene ring substituents is 1. The Hall–Kier alpha value is -2.22. The fourth-order valence-electron chi connectivity index (χ4n) is 0.899. The molecule has 0 bridgehead atoms. The smallest absolute Gasteiger partial charge is 0.258 e. The molecule has 0 saturated carbocycles. The molecular weight excluding hydrogens is 187 g/mol. The monoisotopic (exact) mass is 192 g/mol. The first-order valence-electron chi connectivity index (χ1n) is 3.65. The lowest BCUT2D eigenvalue weighted by molar-refractivity contribution is -0.384. The Morgan fingerprint density at radius 1 is 1.57 bits per heavy atom. The molecule has 0 radical (unpaired) electrons. The number of nitrogens with zero attached hydrogens (tertiary/aromatic N) is 2. The average Bonchev–Trinajstić information content (AvgIpc) is 2.16. The summed E-state index contributed by atoms with van der Waals surface area (Å²) >= 11 is 0. The minimum absolute atomic E-state index is 0.0285. The fourth-order valence-corrected chi connectivity index (χ4v) is 0.899. The van der Waals surface area contributed by atoms with Gasteiger partial charge in [0, 0.05) is 23.8 Å². The standard InChI is InChI=1S/C9H5FN2O2/c10-9-4-3-8(12(13)14)6-7(9)2-1-5-11/h1-4,6H. The third kappa shape index (κ3) is 2.14. The summed E-state index contributed by atoms with van der Waals surface area (Å²) in [6.07, 6.45) is 2.24. The molecule has 0 fully saturated rings. The topological polar surface area (TPSA) is 66.9 Å². The molecular formula is C9H5FN2O2. The van der Waals surface area contributed by atoms with Crippen molar-refractivity contribution < 1.29 is 9.31 Å². The summed E-state index contributed by atoms with van der Waals surface area (Å²) in [5.41, 5.74) is -0.176. The number of nitriles is 1. The number of nitro benzene ring substituents is 1. The Morgan fingerprint density at radius 3 is 2.86 bits per heavy atom. The van der Waals surface area contributed by atoms with Gasteiger partial charge in [-0.05, 0) is 12.1 Å². The van der Waals surface area contributed by atoms with Crippen LogP contribution in [0.5, 0.6) is 0 Å². The molecule has 0 spiro atoms. The van der Waals surface area contributed by atoms with Crippen LogP contribution in [0.25, 0.3) is 6.08 Å². The minimum atomic E-state index is -0.622. The molecule has 5 heteroatoms. The second kappa shape index (κ2) is 4.14. The maximum absolute atomic E-state index is 13.0. The summed E-state index contributed by atoms with van der Waals surface area (Å²) in [7, 11) is 0. The SMILES string of the molecule is N#CC=Cc1cc([N+](=O)[O-])ccc1F. The summed E-state index contributed by atoms with van der Waals surface area (Å²) < 4.78 is 13.0. The molecule has 1 aromatic carbocycles. The zero-order valence-corrected chi connectivity index (χ0v) is 6.98. The summed E-state index contributed by atoms with van der Waals surface area (Å²) in [5.74, 6) is -0.595. The van der Waals surface area contributed by atoms with Crippen LogP contribution in [0.3, 0.4) is 0 Å². The van der Waals surface area contributed by atoms with Crippen molar-refractivity contribution in [3.63, 3.8) is 0 Å². The number of hydrogen-bond acceptors (Lipinski definition) is 3. The number of benzene rings is 1. The quantitative estimate of drug-likeness (QED) is 0.410. The van der Waals surface area contributed by atoms with Gasteiger partial charge < -0.3 is 0 Å². The highest BCUT2D eigenvalue weighted by Gasteiger charge is 2.08. The van der Waals surface area contributed by atoms with E-state index >= 15 is 0 Å². The van der Waals surface area contributed by atoms with E-state index in [1.54, 1.807) is 6.07 Å². The number of nitro groups is 1. The first kappa shape index (κ1) is 9.86. The third-order valence-electron chi connectivity index (χ3n) is 1.53. The van der Waals surface area contributed by atoms with Crippen molar-refractivity contribution in [3.05, 3.63) is 45.8 Å². The molecule has 0 aliphatic carbocycles. The molecule has 1 rings (SSSR count). The van der Waals surface area contributed by atoms with Gasteiger partial charge in [0.05, 0.1) is 11.0 Å². The second-order valence-corrected chi connectivity index (χ2v) is 2.43. The summed E-state index contributed by atoms with van der Waals surface area (Å²) in [4.78, 5) is 9.71. The van der Waals surface area contributed by atoms with Crippen LogP contribution in [0.1, 0.15) is 5.56 Å². The van der Waals surface area contributed by atoms with Gasteiger partial charge in [0.15, 0.2) is 0 Å². The van der Waals surface area contributed by atoms with E-state index in [2.05, 4.69) is 0 Å². The lowest BCUT2D eigenvalue weighted by Gasteiger charge is -1.95. The van der Waals surface area contributed by atoms with Crippen LogP contribution in [-0.4, -0.2) is 4.92 Å². The van der Waals surface area contributed by atoms with Gasteiger partial charge in [-0.1, -0.05) is 0 Å². The number of rotatable bonds is 2. The molecule has 0 aromatic heterocycles. The van der Waals surface area contributed by atoms with Crippen molar-refractivity contribution in [1.29, 1.82) is 5.26 Å². The Bertz CT molecular complexity index is 435. The van der Waals surface area contributed by atoms with E-state index in [-0.39, 0.29) is 11.3 Å². The Kier molecular flexibility index (Phi) is 2.92. The number of allylic oxidation sites excluding steroid dienone is 1. The van der Waals surface area contributed by atoms with Gasteiger partial charge in [0.1, 0.15) is 5.82 Å². The van der Waals surface area contributed by atoms with E-state index in [0.29, 0.717) is 0 Å². The molecule has 70 valence electrons. The lowest BCUT2D eigenvalue weighted by Crippen LogP contribution is -1.90. The zero-order valence-electron chi connectivity index (χ0n) is 6.98. The van der Waals surface area contributed by atoms with Gasteiger partial charge in [-0.15, -0.1) is 0 Å². The van der Waals surface area contributed by atoms with Crippen LogP contribution in [0.4, 0.5) is 10.1 Å². The highest BCUT2D eigenvalue weighted by molar-refractivity contribution is 5.56. The molecule has 0 saturated heterocycles. The molecule has 14 heavy (non-hydrogen) atoms. The molecule has 0 unspecified atom stereocenters. The Balaban J connectivity index is 3.16. The van der Waals surface area contributed by atoms with Crippen molar-refractivity contribution in [2.24, 2.45) is 0 Å². The van der Waals surface area contributed by atoms with Crippen molar-refractivity contribution in [2.45, 2.75) is 0 Å². The van der Waals surface area contributed by atoms with Crippen molar-refractivity contribution >= 4 is 11.8 Å². The summed E-state index contributed by atoms with van der Waals surface area (Å²) in [6, 6.07) is 4.81. The highest BCUT2D eigenvalue weighted by atomic mass is 19.1. The van der Waals surface area contributed by atoms with Gasteiger partial charge in [-0.2, -0.15) is 5.26 Å². The van der Waals surface area contributed by atoms with Crippen molar-refractivity contribution in [3.8, 4) is 6.07 Å². The first-order chi connectivity index (χ1) is 6.65. The predicted molar refractivity (Wildman–Crippen MR) is 47.7 cm³/mol. The number of hydrogen-bond donors (Lipinski definition) is 0. The fraction of sp³-hybridized carbons (Fsp3) is 0. The Morgan fingerprint density at radius 2 is 2.29 bits per heavy atom. The van der Waals surface area contributed by atoms with Crippen molar-refractivity contribution in [1.82, 2.24) is 0 Å². The highest BCUT2D eigenvalue weighted by Crippen LogP contribution is 2.17.